The first-order chi connectivity index (χ1) is 13.6. The van der Waals surface area contributed by atoms with Gasteiger partial charge in [0, 0.05) is 0 Å². The molecule has 0 bridgehead atoms. The summed E-state index contributed by atoms with van der Waals surface area (Å²) in [7, 11) is 0. The molecule has 4 aliphatic rings. The van der Waals surface area contributed by atoms with Crippen molar-refractivity contribution in [1.29, 1.82) is 0 Å². The molecule has 0 aromatic carbocycles. The van der Waals surface area contributed by atoms with Gasteiger partial charge in [0.1, 0.15) is 0 Å². The normalized spacial score (nSPS) is 46.8. The Balaban J connectivity index is 1.50. The van der Waals surface area contributed by atoms with Crippen LogP contribution in [0.5, 0.6) is 0 Å². The molecule has 0 radical (unpaired) electrons. The smallest absolute Gasteiger partial charge is 0.0141 e. The Labute approximate surface area is 182 Å². The lowest BCUT2D eigenvalue weighted by molar-refractivity contribution is -0.122. The molecule has 0 saturated heterocycles. The molecule has 0 unspecified atom stereocenters. The summed E-state index contributed by atoms with van der Waals surface area (Å²) in [4.78, 5) is 0. The molecule has 3 fully saturated rings. The molecule has 0 heteroatoms. The molecule has 0 aromatic rings. The topological polar surface area (TPSA) is 0 Å². The fourth-order valence-electron chi connectivity index (χ4n) is 9.73. The fourth-order valence-corrected chi connectivity index (χ4v) is 9.73. The zero-order valence-electron chi connectivity index (χ0n) is 20.8. The van der Waals surface area contributed by atoms with Crippen LogP contribution in [0, 0.1) is 57.7 Å². The minimum absolute atomic E-state index is 0.405. The Hall–Kier alpha value is -0.260. The zero-order valence-corrected chi connectivity index (χ0v) is 20.8. The lowest BCUT2D eigenvalue weighted by atomic mass is 9.42. The van der Waals surface area contributed by atoms with Gasteiger partial charge in [-0.25, -0.2) is 0 Å². The molecular weight excluding hydrogens is 348 g/mol. The van der Waals surface area contributed by atoms with Gasteiger partial charge < -0.3 is 0 Å². The summed E-state index contributed by atoms with van der Waals surface area (Å²) >= 11 is 0. The summed E-state index contributed by atoms with van der Waals surface area (Å²) in [5, 5.41) is 0. The SMILES string of the molecule is CC(C)CCC[C@@H](C)[C@H]1CC[C@H]2[C@@H]3CC[C@H]4C(C)(C)C=CC[C@]4(C)[C@H]3CC[C@]12C. The van der Waals surface area contributed by atoms with E-state index in [-0.39, 0.29) is 0 Å². The van der Waals surface area contributed by atoms with Gasteiger partial charge >= 0.3 is 0 Å². The number of rotatable bonds is 5. The molecule has 4 aliphatic carbocycles. The largest absolute Gasteiger partial charge is 0.0874 e. The first kappa shape index (κ1) is 22.0. The van der Waals surface area contributed by atoms with Gasteiger partial charge in [-0.3, -0.25) is 0 Å². The quantitative estimate of drug-likeness (QED) is 0.405. The van der Waals surface area contributed by atoms with Gasteiger partial charge in [-0.2, -0.15) is 0 Å². The van der Waals surface area contributed by atoms with E-state index in [2.05, 4.69) is 60.6 Å². The Morgan fingerprint density at radius 1 is 0.828 bits per heavy atom. The maximum absolute atomic E-state index is 2.74. The van der Waals surface area contributed by atoms with Crippen molar-refractivity contribution in [2.24, 2.45) is 57.7 Å². The van der Waals surface area contributed by atoms with Crippen molar-refractivity contribution >= 4 is 0 Å². The van der Waals surface area contributed by atoms with Crippen molar-refractivity contribution in [3.8, 4) is 0 Å². The summed E-state index contributed by atoms with van der Waals surface area (Å²) in [6, 6.07) is 0. The third-order valence-electron chi connectivity index (χ3n) is 11.1. The molecular formula is C29H50. The van der Waals surface area contributed by atoms with E-state index in [4.69, 9.17) is 0 Å². The van der Waals surface area contributed by atoms with Crippen LogP contribution in [-0.4, -0.2) is 0 Å². The summed E-state index contributed by atoms with van der Waals surface area (Å²) in [5.74, 6) is 6.72. The fraction of sp³-hybridized carbons (Fsp3) is 0.931. The predicted molar refractivity (Wildman–Crippen MR) is 127 cm³/mol. The van der Waals surface area contributed by atoms with Gasteiger partial charge in [0.05, 0.1) is 0 Å². The van der Waals surface area contributed by atoms with E-state index in [9.17, 15) is 0 Å². The zero-order chi connectivity index (χ0) is 21.0. The summed E-state index contributed by atoms with van der Waals surface area (Å²) < 4.78 is 0. The third kappa shape index (κ3) is 3.57. The van der Waals surface area contributed by atoms with Gasteiger partial charge in [-0.15, -0.1) is 0 Å². The molecule has 4 rings (SSSR count). The molecule has 3 saturated carbocycles. The summed E-state index contributed by atoms with van der Waals surface area (Å²) in [5.41, 5.74) is 1.60. The van der Waals surface area contributed by atoms with Crippen LogP contribution in [-0.2, 0) is 0 Å². The second-order valence-electron chi connectivity index (χ2n) is 13.5. The van der Waals surface area contributed by atoms with Crippen molar-refractivity contribution in [2.75, 3.05) is 0 Å². The molecule has 0 heterocycles. The van der Waals surface area contributed by atoms with Crippen LogP contribution in [0.3, 0.4) is 0 Å². The van der Waals surface area contributed by atoms with Gasteiger partial charge in [-0.1, -0.05) is 79.9 Å². The lowest BCUT2D eigenvalue weighted by Gasteiger charge is -2.62. The highest BCUT2D eigenvalue weighted by Gasteiger charge is 2.61. The molecule has 0 aliphatic heterocycles. The third-order valence-corrected chi connectivity index (χ3v) is 11.1. The molecule has 0 nitrogen and oxygen atoms in total. The highest BCUT2D eigenvalue weighted by atomic mass is 14.7. The van der Waals surface area contributed by atoms with E-state index in [1.165, 1.54) is 64.2 Å². The van der Waals surface area contributed by atoms with Crippen LogP contribution in [0.2, 0.25) is 0 Å². The first-order valence-corrected chi connectivity index (χ1v) is 13.3. The molecule has 0 aromatic heterocycles. The Kier molecular flexibility index (Phi) is 5.83. The van der Waals surface area contributed by atoms with Crippen molar-refractivity contribution in [2.45, 2.75) is 113 Å². The van der Waals surface area contributed by atoms with E-state index in [1.54, 1.807) is 0 Å². The van der Waals surface area contributed by atoms with Crippen LogP contribution < -0.4 is 0 Å². The maximum Gasteiger partial charge on any atom is -0.0141 e. The van der Waals surface area contributed by atoms with Gasteiger partial charge in [0.25, 0.3) is 0 Å². The highest BCUT2D eigenvalue weighted by Crippen LogP contribution is 2.69. The molecule has 8 atom stereocenters. The number of hydrogen-bond donors (Lipinski definition) is 0. The molecule has 0 spiro atoms. The standard InChI is InChI=1S/C29H50/c1-20(2)10-8-11-21(3)23-13-14-24-22-12-15-26-27(4,5)17-9-18-29(26,7)25(22)16-19-28(23,24)6/h9,17,20-26H,8,10-16,18-19H2,1-7H3/t21-,22+,23-,24+,25+,26+,28-,29-/m1/s1. The van der Waals surface area contributed by atoms with E-state index < -0.39 is 0 Å². The van der Waals surface area contributed by atoms with E-state index in [0.717, 1.165) is 41.4 Å². The minimum atomic E-state index is 0.405. The van der Waals surface area contributed by atoms with Crippen molar-refractivity contribution in [1.82, 2.24) is 0 Å². The molecule has 0 amide bonds. The molecule has 0 N–H and O–H groups in total. The monoisotopic (exact) mass is 398 g/mol. The highest BCUT2D eigenvalue weighted by molar-refractivity contribution is 5.17. The maximum atomic E-state index is 2.74. The Morgan fingerprint density at radius 3 is 2.28 bits per heavy atom. The molecule has 166 valence electrons. The number of allylic oxidation sites excluding steroid dienone is 2. The first-order valence-electron chi connectivity index (χ1n) is 13.3. The van der Waals surface area contributed by atoms with Crippen LogP contribution in [0.1, 0.15) is 113 Å². The summed E-state index contributed by atoms with van der Waals surface area (Å²) in [6.45, 7) is 17.9. The van der Waals surface area contributed by atoms with Crippen molar-refractivity contribution in [3.05, 3.63) is 12.2 Å². The average molecular weight is 399 g/mol. The Morgan fingerprint density at radius 2 is 1.55 bits per heavy atom. The summed E-state index contributed by atoms with van der Waals surface area (Å²) in [6.07, 6.45) is 19.9. The van der Waals surface area contributed by atoms with Crippen LogP contribution in [0.25, 0.3) is 0 Å². The van der Waals surface area contributed by atoms with E-state index in [0.29, 0.717) is 16.2 Å². The number of hydrogen-bond acceptors (Lipinski definition) is 0. The van der Waals surface area contributed by atoms with Gasteiger partial charge in [0.2, 0.25) is 0 Å². The number of fused-ring (bicyclic) bond motifs is 5. The minimum Gasteiger partial charge on any atom is -0.0874 e. The Bertz CT molecular complexity index is 612. The van der Waals surface area contributed by atoms with Crippen LogP contribution in [0.4, 0.5) is 0 Å². The van der Waals surface area contributed by atoms with Crippen molar-refractivity contribution in [3.63, 3.8) is 0 Å². The average Bonchev–Trinajstić information content (AvgIpc) is 2.98. The molecule has 29 heavy (non-hydrogen) atoms. The van der Waals surface area contributed by atoms with Crippen LogP contribution >= 0.6 is 0 Å². The lowest BCUT2D eigenvalue weighted by Crippen LogP contribution is -2.55. The van der Waals surface area contributed by atoms with E-state index in [1.807, 2.05) is 0 Å². The van der Waals surface area contributed by atoms with E-state index >= 15 is 0 Å². The van der Waals surface area contributed by atoms with Crippen molar-refractivity contribution < 1.29 is 0 Å². The van der Waals surface area contributed by atoms with Crippen LogP contribution in [0.15, 0.2) is 12.2 Å². The van der Waals surface area contributed by atoms with Gasteiger partial charge in [0.15, 0.2) is 0 Å². The second kappa shape index (κ2) is 7.70. The second-order valence-corrected chi connectivity index (χ2v) is 13.5. The predicted octanol–water partition coefficient (Wildman–Crippen LogP) is 8.91. The van der Waals surface area contributed by atoms with Gasteiger partial charge in [-0.05, 0) is 103 Å².